The molecule has 6 nitrogen and oxygen atoms in total. The lowest BCUT2D eigenvalue weighted by Gasteiger charge is -2.33. The van der Waals surface area contributed by atoms with Gasteiger partial charge >= 0.3 is 11.8 Å². The fourth-order valence-electron chi connectivity index (χ4n) is 3.08. The van der Waals surface area contributed by atoms with E-state index in [1.807, 2.05) is 25.1 Å². The van der Waals surface area contributed by atoms with Crippen LogP contribution in [-0.4, -0.2) is 49.5 Å². The minimum Gasteiger partial charge on any atom is -0.377 e. The minimum atomic E-state index is -0.645. The quantitative estimate of drug-likeness (QED) is 0.775. The van der Waals surface area contributed by atoms with Crippen molar-refractivity contribution in [2.24, 2.45) is 0 Å². The number of likely N-dealkylation sites (tertiary alicyclic amines) is 1. The molecule has 0 saturated carbocycles. The average molecular weight is 347 g/mol. The number of piperidine rings is 1. The molecule has 1 aromatic rings. The number of hydrogen-bond donors (Lipinski definition) is 2. The minimum absolute atomic E-state index is 0.0720. The zero-order chi connectivity index (χ0) is 18.2. The molecular formula is C19H29N3O3. The lowest BCUT2D eigenvalue weighted by atomic mass is 10.0. The molecule has 2 rings (SSSR count). The van der Waals surface area contributed by atoms with E-state index in [1.54, 1.807) is 13.2 Å². The van der Waals surface area contributed by atoms with Crippen LogP contribution in [0.5, 0.6) is 0 Å². The third-order valence-corrected chi connectivity index (χ3v) is 4.80. The molecule has 2 amide bonds. The van der Waals surface area contributed by atoms with E-state index in [1.165, 1.54) is 19.3 Å². The van der Waals surface area contributed by atoms with Crippen LogP contribution in [0.2, 0.25) is 0 Å². The summed E-state index contributed by atoms with van der Waals surface area (Å²) in [6.07, 6.45) is 3.60. The molecular weight excluding hydrogens is 318 g/mol. The van der Waals surface area contributed by atoms with Gasteiger partial charge in [0.15, 0.2) is 0 Å². The van der Waals surface area contributed by atoms with E-state index in [2.05, 4.69) is 22.5 Å². The lowest BCUT2D eigenvalue weighted by molar-refractivity contribution is -0.136. The summed E-state index contributed by atoms with van der Waals surface area (Å²) in [6, 6.07) is 7.87. The molecule has 2 atom stereocenters. The molecule has 2 N–H and O–H groups in total. The largest absolute Gasteiger partial charge is 0.377 e. The predicted octanol–water partition coefficient (Wildman–Crippen LogP) is 2.32. The molecule has 2 unspecified atom stereocenters. The Labute approximate surface area is 149 Å². The summed E-state index contributed by atoms with van der Waals surface area (Å²) in [5.74, 6) is -1.25. The number of rotatable bonds is 6. The first kappa shape index (κ1) is 19.4. The van der Waals surface area contributed by atoms with Gasteiger partial charge in [0.05, 0.1) is 6.10 Å². The molecule has 0 bridgehead atoms. The Hall–Kier alpha value is -1.92. The Kier molecular flexibility index (Phi) is 7.40. The van der Waals surface area contributed by atoms with Crippen LogP contribution in [0.4, 0.5) is 5.69 Å². The number of benzene rings is 1. The van der Waals surface area contributed by atoms with Crippen LogP contribution < -0.4 is 10.6 Å². The van der Waals surface area contributed by atoms with Gasteiger partial charge in [0.25, 0.3) is 0 Å². The first-order valence-electron chi connectivity index (χ1n) is 8.97. The monoisotopic (exact) mass is 347 g/mol. The van der Waals surface area contributed by atoms with Crippen LogP contribution in [-0.2, 0) is 14.3 Å². The number of carbonyl (C=O) groups is 2. The molecule has 0 aliphatic carbocycles. The Morgan fingerprint density at radius 2 is 2.12 bits per heavy atom. The summed E-state index contributed by atoms with van der Waals surface area (Å²) in [6.45, 7) is 6.46. The van der Waals surface area contributed by atoms with Crippen LogP contribution in [0.15, 0.2) is 24.3 Å². The highest BCUT2D eigenvalue weighted by Crippen LogP contribution is 2.19. The summed E-state index contributed by atoms with van der Waals surface area (Å²) in [4.78, 5) is 26.4. The number of nitrogens with zero attached hydrogens (tertiary/aromatic N) is 1. The van der Waals surface area contributed by atoms with Gasteiger partial charge in [-0.1, -0.05) is 18.6 Å². The maximum atomic E-state index is 12.0. The SMILES string of the molecule is COC(C)c1cccc(NC(=O)C(=O)NCCN2CCCCC2C)c1. The topological polar surface area (TPSA) is 70.7 Å². The summed E-state index contributed by atoms with van der Waals surface area (Å²) >= 11 is 0. The normalized spacial score (nSPS) is 19.2. The van der Waals surface area contributed by atoms with E-state index >= 15 is 0 Å². The molecule has 6 heteroatoms. The van der Waals surface area contributed by atoms with Gasteiger partial charge in [-0.25, -0.2) is 0 Å². The molecule has 1 heterocycles. The maximum Gasteiger partial charge on any atom is 0.313 e. The Bertz CT molecular complexity index is 591. The van der Waals surface area contributed by atoms with E-state index < -0.39 is 11.8 Å². The van der Waals surface area contributed by atoms with Crippen molar-refractivity contribution in [3.8, 4) is 0 Å². The van der Waals surface area contributed by atoms with Crippen molar-refractivity contribution < 1.29 is 14.3 Å². The van der Waals surface area contributed by atoms with Gasteiger partial charge in [-0.05, 0) is 50.9 Å². The zero-order valence-corrected chi connectivity index (χ0v) is 15.4. The van der Waals surface area contributed by atoms with Crippen LogP contribution >= 0.6 is 0 Å². The number of hydrogen-bond acceptors (Lipinski definition) is 4. The van der Waals surface area contributed by atoms with E-state index in [0.717, 1.165) is 18.7 Å². The molecule has 0 radical (unpaired) electrons. The predicted molar refractivity (Wildman–Crippen MR) is 98.4 cm³/mol. The second-order valence-electron chi connectivity index (χ2n) is 6.59. The second kappa shape index (κ2) is 9.53. The number of ether oxygens (including phenoxy) is 1. The molecule has 1 aliphatic rings. The number of amides is 2. The van der Waals surface area contributed by atoms with E-state index in [4.69, 9.17) is 4.74 Å². The smallest absolute Gasteiger partial charge is 0.313 e. The van der Waals surface area contributed by atoms with Crippen molar-refractivity contribution in [1.82, 2.24) is 10.2 Å². The average Bonchev–Trinajstić information content (AvgIpc) is 2.62. The Balaban J connectivity index is 1.79. The first-order valence-corrected chi connectivity index (χ1v) is 8.97. The Morgan fingerprint density at radius 1 is 1.32 bits per heavy atom. The molecule has 1 saturated heterocycles. The van der Waals surface area contributed by atoms with Crippen molar-refractivity contribution in [2.45, 2.75) is 45.3 Å². The summed E-state index contributed by atoms with van der Waals surface area (Å²) in [5.41, 5.74) is 1.53. The highest BCUT2D eigenvalue weighted by atomic mass is 16.5. The van der Waals surface area contributed by atoms with Gasteiger partial charge in [0.1, 0.15) is 0 Å². The fraction of sp³-hybridized carbons (Fsp3) is 0.579. The standard InChI is InChI=1S/C19H29N3O3/c1-14-7-4-5-11-22(14)12-10-20-18(23)19(24)21-17-9-6-8-16(13-17)15(2)25-3/h6,8-9,13-15H,4-5,7,10-12H2,1-3H3,(H,20,23)(H,21,24). The third-order valence-electron chi connectivity index (χ3n) is 4.80. The molecule has 1 fully saturated rings. The third kappa shape index (κ3) is 5.83. The molecule has 1 aliphatic heterocycles. The van der Waals surface area contributed by atoms with Crippen molar-refractivity contribution in [1.29, 1.82) is 0 Å². The van der Waals surface area contributed by atoms with E-state index in [9.17, 15) is 9.59 Å². The molecule has 1 aromatic carbocycles. The summed E-state index contributed by atoms with van der Waals surface area (Å²) in [7, 11) is 1.63. The molecule has 0 aromatic heterocycles. The van der Waals surface area contributed by atoms with Crippen LogP contribution in [0, 0.1) is 0 Å². The first-order chi connectivity index (χ1) is 12.0. The van der Waals surface area contributed by atoms with Gasteiger partial charge < -0.3 is 15.4 Å². The number of carbonyl (C=O) groups excluding carboxylic acids is 2. The number of methoxy groups -OCH3 is 1. The summed E-state index contributed by atoms with van der Waals surface area (Å²) < 4.78 is 5.27. The van der Waals surface area contributed by atoms with Crippen LogP contribution in [0.25, 0.3) is 0 Å². The second-order valence-corrected chi connectivity index (χ2v) is 6.59. The van der Waals surface area contributed by atoms with Gasteiger partial charge in [0.2, 0.25) is 0 Å². The van der Waals surface area contributed by atoms with Gasteiger partial charge in [-0.3, -0.25) is 14.5 Å². The zero-order valence-electron chi connectivity index (χ0n) is 15.4. The van der Waals surface area contributed by atoms with Crippen molar-refractivity contribution in [3.05, 3.63) is 29.8 Å². The van der Waals surface area contributed by atoms with Crippen LogP contribution in [0.3, 0.4) is 0 Å². The highest BCUT2D eigenvalue weighted by molar-refractivity contribution is 6.39. The lowest BCUT2D eigenvalue weighted by Crippen LogP contribution is -2.44. The molecule has 138 valence electrons. The van der Waals surface area contributed by atoms with Crippen molar-refractivity contribution in [3.63, 3.8) is 0 Å². The van der Waals surface area contributed by atoms with E-state index in [-0.39, 0.29) is 6.10 Å². The van der Waals surface area contributed by atoms with E-state index in [0.29, 0.717) is 18.3 Å². The molecule has 0 spiro atoms. The van der Waals surface area contributed by atoms with Gasteiger partial charge in [0, 0.05) is 31.9 Å². The maximum absolute atomic E-state index is 12.0. The molecule has 25 heavy (non-hydrogen) atoms. The van der Waals surface area contributed by atoms with Gasteiger partial charge in [-0.15, -0.1) is 0 Å². The fourth-order valence-corrected chi connectivity index (χ4v) is 3.08. The van der Waals surface area contributed by atoms with Crippen molar-refractivity contribution in [2.75, 3.05) is 32.1 Å². The summed E-state index contributed by atoms with van der Waals surface area (Å²) in [5, 5.41) is 5.34. The van der Waals surface area contributed by atoms with Crippen molar-refractivity contribution >= 4 is 17.5 Å². The highest BCUT2D eigenvalue weighted by Gasteiger charge is 2.19. The van der Waals surface area contributed by atoms with Gasteiger partial charge in [-0.2, -0.15) is 0 Å². The Morgan fingerprint density at radius 3 is 2.84 bits per heavy atom. The number of anilines is 1. The van der Waals surface area contributed by atoms with Crippen LogP contribution in [0.1, 0.15) is 44.8 Å². The number of nitrogens with one attached hydrogen (secondary N) is 2.